The molecule has 0 aliphatic rings. The first-order chi connectivity index (χ1) is 15.8. The number of carbonyl (C=O) groups excluding carboxylic acids is 3. The maximum absolute atomic E-state index is 12.3. The Morgan fingerprint density at radius 3 is 2.55 bits per heavy atom. The zero-order valence-electron chi connectivity index (χ0n) is 17.5. The van der Waals surface area contributed by atoms with Gasteiger partial charge in [0.05, 0.1) is 23.3 Å². The summed E-state index contributed by atoms with van der Waals surface area (Å²) in [6.45, 7) is 1.64. The summed E-state index contributed by atoms with van der Waals surface area (Å²) in [6, 6.07) is 18.0. The maximum Gasteiger partial charge on any atom is 0.345 e. The summed E-state index contributed by atoms with van der Waals surface area (Å²) in [5, 5.41) is 6.98. The van der Waals surface area contributed by atoms with Crippen LogP contribution in [0.15, 0.2) is 71.8 Å². The van der Waals surface area contributed by atoms with E-state index in [1.807, 2.05) is 13.0 Å². The highest BCUT2D eigenvalue weighted by Gasteiger charge is 2.13. The molecule has 0 fully saturated rings. The highest BCUT2D eigenvalue weighted by molar-refractivity contribution is 6.36. The minimum absolute atomic E-state index is 0.181. The molecule has 0 heterocycles. The number of ether oxygens (including phenoxy) is 1. The standard InChI is InChI=1S/C24H19Cl2N3O4/c1-15-4-2-6-17(10-15)23(31)27-14-22(30)29-28-13-16-5-3-7-19(11-16)33-24(32)20-9-8-18(25)12-21(20)26/h2-13H,14H2,1H3,(H,27,31)(H,29,30)/b28-13-. The smallest absolute Gasteiger partial charge is 0.345 e. The van der Waals surface area contributed by atoms with Crippen molar-refractivity contribution < 1.29 is 19.1 Å². The van der Waals surface area contributed by atoms with E-state index in [1.165, 1.54) is 18.3 Å². The fourth-order valence-corrected chi connectivity index (χ4v) is 3.23. The van der Waals surface area contributed by atoms with Crippen LogP contribution in [0.3, 0.4) is 0 Å². The second-order valence-electron chi connectivity index (χ2n) is 6.93. The fourth-order valence-electron chi connectivity index (χ4n) is 2.74. The van der Waals surface area contributed by atoms with Crippen molar-refractivity contribution in [2.75, 3.05) is 6.54 Å². The van der Waals surface area contributed by atoms with Crippen LogP contribution in [0, 0.1) is 6.92 Å². The predicted molar refractivity (Wildman–Crippen MR) is 127 cm³/mol. The highest BCUT2D eigenvalue weighted by Crippen LogP contribution is 2.23. The normalized spacial score (nSPS) is 10.6. The van der Waals surface area contributed by atoms with Crippen LogP contribution in [-0.4, -0.2) is 30.5 Å². The van der Waals surface area contributed by atoms with Crippen LogP contribution >= 0.6 is 23.2 Å². The number of aryl methyl sites for hydroxylation is 1. The number of hydrogen-bond donors (Lipinski definition) is 2. The second kappa shape index (κ2) is 11.3. The van der Waals surface area contributed by atoms with Gasteiger partial charge in [0, 0.05) is 10.6 Å². The summed E-state index contributed by atoms with van der Waals surface area (Å²) in [4.78, 5) is 36.3. The van der Waals surface area contributed by atoms with Crippen molar-refractivity contribution in [3.8, 4) is 5.75 Å². The van der Waals surface area contributed by atoms with Gasteiger partial charge in [-0.15, -0.1) is 0 Å². The first-order valence-electron chi connectivity index (χ1n) is 9.76. The van der Waals surface area contributed by atoms with Crippen LogP contribution in [0.25, 0.3) is 0 Å². The monoisotopic (exact) mass is 483 g/mol. The van der Waals surface area contributed by atoms with Crippen molar-refractivity contribution in [3.05, 3.63) is 99.0 Å². The number of nitrogens with zero attached hydrogens (tertiary/aromatic N) is 1. The van der Waals surface area contributed by atoms with Crippen LogP contribution < -0.4 is 15.5 Å². The third-order valence-corrected chi connectivity index (χ3v) is 4.86. The molecule has 3 aromatic carbocycles. The summed E-state index contributed by atoms with van der Waals surface area (Å²) in [5.41, 5.74) is 4.50. The van der Waals surface area contributed by atoms with Gasteiger partial charge in [-0.2, -0.15) is 5.10 Å². The Morgan fingerprint density at radius 1 is 1.00 bits per heavy atom. The van der Waals surface area contributed by atoms with Crippen LogP contribution in [-0.2, 0) is 4.79 Å². The molecule has 0 spiro atoms. The van der Waals surface area contributed by atoms with Gasteiger partial charge in [-0.3, -0.25) is 9.59 Å². The van der Waals surface area contributed by atoms with Crippen LogP contribution in [0.4, 0.5) is 0 Å². The summed E-state index contributed by atoms with van der Waals surface area (Å²) in [6.07, 6.45) is 1.38. The van der Waals surface area contributed by atoms with Crippen molar-refractivity contribution >= 4 is 47.2 Å². The van der Waals surface area contributed by atoms with Crippen molar-refractivity contribution in [2.45, 2.75) is 6.92 Å². The summed E-state index contributed by atoms with van der Waals surface area (Å²) in [7, 11) is 0. The minimum Gasteiger partial charge on any atom is -0.423 e. The van der Waals surface area contributed by atoms with Gasteiger partial charge in [0.15, 0.2) is 0 Å². The molecule has 0 aliphatic heterocycles. The van der Waals surface area contributed by atoms with Gasteiger partial charge >= 0.3 is 5.97 Å². The first kappa shape index (κ1) is 24.0. The molecule has 7 nitrogen and oxygen atoms in total. The summed E-state index contributed by atoms with van der Waals surface area (Å²) >= 11 is 11.9. The molecule has 0 atom stereocenters. The van der Waals surface area contributed by atoms with Crippen molar-refractivity contribution in [1.82, 2.24) is 10.7 Å². The average Bonchev–Trinajstić information content (AvgIpc) is 2.77. The van der Waals surface area contributed by atoms with E-state index >= 15 is 0 Å². The molecule has 0 saturated carbocycles. The van der Waals surface area contributed by atoms with Crippen LogP contribution in [0.1, 0.15) is 31.8 Å². The zero-order valence-corrected chi connectivity index (χ0v) is 19.0. The van der Waals surface area contributed by atoms with E-state index in [0.29, 0.717) is 16.1 Å². The molecule has 2 amide bonds. The number of benzene rings is 3. The minimum atomic E-state index is -0.636. The Morgan fingerprint density at radius 2 is 1.79 bits per heavy atom. The van der Waals surface area contributed by atoms with Crippen LogP contribution in [0.2, 0.25) is 10.0 Å². The molecule has 9 heteroatoms. The lowest BCUT2D eigenvalue weighted by Crippen LogP contribution is -2.34. The highest BCUT2D eigenvalue weighted by atomic mass is 35.5. The largest absolute Gasteiger partial charge is 0.423 e. The van der Waals surface area contributed by atoms with E-state index in [-0.39, 0.29) is 28.8 Å². The van der Waals surface area contributed by atoms with Gasteiger partial charge in [0.25, 0.3) is 11.8 Å². The number of hydrogen-bond acceptors (Lipinski definition) is 5. The number of nitrogens with one attached hydrogen (secondary N) is 2. The van der Waals surface area contributed by atoms with E-state index in [9.17, 15) is 14.4 Å². The number of amides is 2. The molecule has 0 radical (unpaired) electrons. The Hall–Kier alpha value is -3.68. The van der Waals surface area contributed by atoms with Crippen molar-refractivity contribution in [3.63, 3.8) is 0 Å². The Labute approximate surface area is 200 Å². The van der Waals surface area contributed by atoms with Gasteiger partial charge in [-0.05, 0) is 55.0 Å². The molecule has 0 aliphatic carbocycles. The molecule has 0 unspecified atom stereocenters. The number of esters is 1. The lowest BCUT2D eigenvalue weighted by Gasteiger charge is -2.07. The molecule has 3 aromatic rings. The maximum atomic E-state index is 12.3. The van der Waals surface area contributed by atoms with E-state index in [2.05, 4.69) is 15.8 Å². The predicted octanol–water partition coefficient (Wildman–Crippen LogP) is 4.40. The van der Waals surface area contributed by atoms with E-state index in [0.717, 1.165) is 5.56 Å². The molecular weight excluding hydrogens is 465 g/mol. The Balaban J connectivity index is 1.52. The topological polar surface area (TPSA) is 96.9 Å². The van der Waals surface area contributed by atoms with Gasteiger partial charge in [-0.25, -0.2) is 10.2 Å². The average molecular weight is 484 g/mol. The molecule has 2 N–H and O–H groups in total. The summed E-state index contributed by atoms with van der Waals surface area (Å²) in [5.74, 6) is -1.21. The SMILES string of the molecule is Cc1cccc(C(=O)NCC(=O)N/N=C\c2cccc(OC(=O)c3ccc(Cl)cc3Cl)c2)c1. The number of halogens is 2. The molecule has 3 rings (SSSR count). The quantitative estimate of drug-likeness (QED) is 0.225. The van der Waals surface area contributed by atoms with Crippen molar-refractivity contribution in [2.24, 2.45) is 5.10 Å². The first-order valence-corrected chi connectivity index (χ1v) is 10.5. The molecule has 168 valence electrons. The van der Waals surface area contributed by atoms with Gasteiger partial charge < -0.3 is 10.1 Å². The molecule has 0 bridgehead atoms. The second-order valence-corrected chi connectivity index (χ2v) is 7.78. The molecule has 33 heavy (non-hydrogen) atoms. The Kier molecular flexibility index (Phi) is 8.18. The van der Waals surface area contributed by atoms with Gasteiger partial charge in [-0.1, -0.05) is 53.0 Å². The van der Waals surface area contributed by atoms with Gasteiger partial charge in [0.1, 0.15) is 5.75 Å². The van der Waals surface area contributed by atoms with E-state index in [4.69, 9.17) is 27.9 Å². The van der Waals surface area contributed by atoms with Gasteiger partial charge in [0.2, 0.25) is 0 Å². The number of rotatable bonds is 7. The lowest BCUT2D eigenvalue weighted by atomic mass is 10.1. The van der Waals surface area contributed by atoms with E-state index < -0.39 is 11.9 Å². The fraction of sp³-hybridized carbons (Fsp3) is 0.0833. The third kappa shape index (κ3) is 7.17. The summed E-state index contributed by atoms with van der Waals surface area (Å²) < 4.78 is 5.34. The lowest BCUT2D eigenvalue weighted by molar-refractivity contribution is -0.120. The molecule has 0 aromatic heterocycles. The molecule has 0 saturated heterocycles. The van der Waals surface area contributed by atoms with Crippen LogP contribution in [0.5, 0.6) is 5.75 Å². The number of hydrazone groups is 1. The zero-order chi connectivity index (χ0) is 23.8. The van der Waals surface area contributed by atoms with E-state index in [1.54, 1.807) is 48.5 Å². The number of carbonyl (C=O) groups is 3. The Bertz CT molecular complexity index is 1230. The molecular formula is C24H19Cl2N3O4. The third-order valence-electron chi connectivity index (χ3n) is 4.31. The van der Waals surface area contributed by atoms with Crippen molar-refractivity contribution in [1.29, 1.82) is 0 Å².